The lowest BCUT2D eigenvalue weighted by Crippen LogP contribution is -2.34. The summed E-state index contributed by atoms with van der Waals surface area (Å²) in [6, 6.07) is 5.37. The number of hydrogen-bond acceptors (Lipinski definition) is 3. The fourth-order valence-electron chi connectivity index (χ4n) is 2.61. The Labute approximate surface area is 126 Å². The van der Waals surface area contributed by atoms with Crippen molar-refractivity contribution in [3.63, 3.8) is 0 Å². The van der Waals surface area contributed by atoms with Gasteiger partial charge in [0.05, 0.1) is 5.02 Å². The summed E-state index contributed by atoms with van der Waals surface area (Å²) in [5.41, 5.74) is 1.11. The van der Waals surface area contributed by atoms with E-state index in [4.69, 9.17) is 11.6 Å². The van der Waals surface area contributed by atoms with Gasteiger partial charge in [0.2, 0.25) is 0 Å². The zero-order chi connectivity index (χ0) is 14.4. The van der Waals surface area contributed by atoms with Crippen molar-refractivity contribution in [2.24, 2.45) is 5.92 Å². The molecule has 0 radical (unpaired) electrons. The summed E-state index contributed by atoms with van der Waals surface area (Å²) >= 11 is 5.88. The van der Waals surface area contributed by atoms with Gasteiger partial charge in [-0.25, -0.2) is 0 Å². The summed E-state index contributed by atoms with van der Waals surface area (Å²) in [4.78, 5) is 2.57. The maximum Gasteiger partial charge on any atom is 0.134 e. The van der Waals surface area contributed by atoms with Crippen molar-refractivity contribution < 1.29 is 5.11 Å². The fraction of sp³-hybridized carbons (Fsp3) is 0.625. The van der Waals surface area contributed by atoms with Crippen LogP contribution in [0, 0.1) is 5.92 Å². The normalized spacial score (nSPS) is 17.5. The third-order valence-corrected chi connectivity index (χ3v) is 4.35. The van der Waals surface area contributed by atoms with Gasteiger partial charge in [-0.05, 0) is 69.1 Å². The molecule has 4 heteroatoms. The molecule has 0 aliphatic carbocycles. The van der Waals surface area contributed by atoms with Crippen LogP contribution in [0.15, 0.2) is 18.2 Å². The number of likely N-dealkylation sites (tertiary alicyclic amines) is 1. The van der Waals surface area contributed by atoms with Crippen molar-refractivity contribution in [1.29, 1.82) is 0 Å². The van der Waals surface area contributed by atoms with Gasteiger partial charge in [-0.1, -0.05) is 24.6 Å². The highest BCUT2D eigenvalue weighted by Crippen LogP contribution is 2.23. The van der Waals surface area contributed by atoms with E-state index in [0.717, 1.165) is 24.6 Å². The number of benzene rings is 1. The molecule has 1 aromatic carbocycles. The third kappa shape index (κ3) is 4.97. The van der Waals surface area contributed by atoms with Gasteiger partial charge >= 0.3 is 0 Å². The molecule has 1 aliphatic heterocycles. The molecule has 0 bridgehead atoms. The molecule has 0 unspecified atom stereocenters. The first kappa shape index (κ1) is 15.6. The number of halogens is 1. The maximum atomic E-state index is 9.36. The number of aromatic hydroxyl groups is 1. The average molecular weight is 297 g/mol. The lowest BCUT2D eigenvalue weighted by molar-refractivity contribution is 0.190. The molecule has 1 aromatic rings. The van der Waals surface area contributed by atoms with Crippen LogP contribution in [0.3, 0.4) is 0 Å². The summed E-state index contributed by atoms with van der Waals surface area (Å²) in [6.45, 7) is 7.88. The van der Waals surface area contributed by atoms with E-state index in [9.17, 15) is 5.11 Å². The molecule has 2 rings (SSSR count). The van der Waals surface area contributed by atoms with Gasteiger partial charge in [0.1, 0.15) is 5.75 Å². The quantitative estimate of drug-likeness (QED) is 0.791. The molecule has 1 saturated heterocycles. The first-order valence-electron chi connectivity index (χ1n) is 7.55. The van der Waals surface area contributed by atoms with Crippen LogP contribution in [0.2, 0.25) is 5.02 Å². The molecule has 1 heterocycles. The summed E-state index contributed by atoms with van der Waals surface area (Å²) in [6.07, 6.45) is 3.87. The molecular formula is C16H25ClN2O. The number of nitrogens with one attached hydrogen (secondary N) is 1. The van der Waals surface area contributed by atoms with Gasteiger partial charge in [-0.15, -0.1) is 0 Å². The second kappa shape index (κ2) is 7.87. The van der Waals surface area contributed by atoms with Crippen LogP contribution in [-0.2, 0) is 6.54 Å². The van der Waals surface area contributed by atoms with Crippen LogP contribution in [0.4, 0.5) is 0 Å². The van der Waals surface area contributed by atoms with Crippen LogP contribution in [0.25, 0.3) is 0 Å². The van der Waals surface area contributed by atoms with Crippen LogP contribution < -0.4 is 5.32 Å². The summed E-state index contributed by atoms with van der Waals surface area (Å²) in [5.74, 6) is 1.05. The smallest absolute Gasteiger partial charge is 0.134 e. The monoisotopic (exact) mass is 296 g/mol. The minimum atomic E-state index is 0.148. The lowest BCUT2D eigenvalue weighted by Gasteiger charge is -2.30. The Hall–Kier alpha value is -0.770. The molecule has 1 fully saturated rings. The van der Waals surface area contributed by atoms with E-state index in [2.05, 4.69) is 17.1 Å². The second-order valence-corrected chi connectivity index (χ2v) is 6.25. The van der Waals surface area contributed by atoms with E-state index in [0.29, 0.717) is 5.02 Å². The van der Waals surface area contributed by atoms with E-state index < -0.39 is 0 Å². The second-order valence-electron chi connectivity index (χ2n) is 5.84. The SMILES string of the molecule is CC1CCN(CCCNCc2ccc(O)c(Cl)c2)CC1. The minimum Gasteiger partial charge on any atom is -0.506 e. The highest BCUT2D eigenvalue weighted by atomic mass is 35.5. The number of phenolic OH excluding ortho intramolecular Hbond substituents is 1. The van der Waals surface area contributed by atoms with Gasteiger partial charge in [0.25, 0.3) is 0 Å². The van der Waals surface area contributed by atoms with Gasteiger partial charge in [-0.2, -0.15) is 0 Å². The Morgan fingerprint density at radius 3 is 2.80 bits per heavy atom. The first-order valence-corrected chi connectivity index (χ1v) is 7.93. The van der Waals surface area contributed by atoms with Crippen LogP contribution in [-0.4, -0.2) is 36.2 Å². The van der Waals surface area contributed by atoms with Gasteiger partial charge in [-0.3, -0.25) is 0 Å². The Morgan fingerprint density at radius 2 is 2.10 bits per heavy atom. The van der Waals surface area contributed by atoms with E-state index >= 15 is 0 Å². The lowest BCUT2D eigenvalue weighted by atomic mass is 9.99. The first-order chi connectivity index (χ1) is 9.65. The van der Waals surface area contributed by atoms with E-state index in [-0.39, 0.29) is 5.75 Å². The molecular weight excluding hydrogens is 272 g/mol. The van der Waals surface area contributed by atoms with Crippen molar-refractivity contribution in [1.82, 2.24) is 10.2 Å². The molecule has 0 saturated carbocycles. The standard InChI is InChI=1S/C16H25ClN2O/c1-13-5-9-19(10-6-13)8-2-7-18-12-14-3-4-16(20)15(17)11-14/h3-4,11,13,18,20H,2,5-10,12H2,1H3. The highest BCUT2D eigenvalue weighted by molar-refractivity contribution is 6.32. The zero-order valence-electron chi connectivity index (χ0n) is 12.2. The predicted octanol–water partition coefficient (Wildman–Crippen LogP) is 3.26. The Kier molecular flexibility index (Phi) is 6.14. The van der Waals surface area contributed by atoms with Crippen LogP contribution in [0.1, 0.15) is 31.7 Å². The third-order valence-electron chi connectivity index (χ3n) is 4.05. The molecule has 0 atom stereocenters. The number of rotatable bonds is 6. The summed E-state index contributed by atoms with van der Waals surface area (Å²) in [7, 11) is 0. The van der Waals surface area contributed by atoms with E-state index in [1.54, 1.807) is 6.07 Å². The van der Waals surface area contributed by atoms with E-state index in [1.807, 2.05) is 12.1 Å². The molecule has 3 nitrogen and oxygen atoms in total. The summed E-state index contributed by atoms with van der Waals surface area (Å²) in [5, 5.41) is 13.2. The van der Waals surface area contributed by atoms with Crippen molar-refractivity contribution in [2.75, 3.05) is 26.2 Å². The topological polar surface area (TPSA) is 35.5 Å². The Bertz CT molecular complexity index is 417. The highest BCUT2D eigenvalue weighted by Gasteiger charge is 2.14. The number of piperidine rings is 1. The molecule has 112 valence electrons. The molecule has 0 amide bonds. The van der Waals surface area contributed by atoms with Gasteiger partial charge in [0.15, 0.2) is 0 Å². The summed E-state index contributed by atoms with van der Waals surface area (Å²) < 4.78 is 0. The van der Waals surface area contributed by atoms with Crippen molar-refractivity contribution >= 4 is 11.6 Å². The van der Waals surface area contributed by atoms with Gasteiger partial charge in [0, 0.05) is 6.54 Å². The molecule has 0 aromatic heterocycles. The number of phenols is 1. The predicted molar refractivity (Wildman–Crippen MR) is 84.3 cm³/mol. The zero-order valence-corrected chi connectivity index (χ0v) is 13.0. The molecule has 1 aliphatic rings. The van der Waals surface area contributed by atoms with Crippen molar-refractivity contribution in [2.45, 2.75) is 32.7 Å². The Balaban J connectivity index is 1.58. The largest absolute Gasteiger partial charge is 0.506 e. The number of nitrogens with zero attached hydrogens (tertiary/aromatic N) is 1. The van der Waals surface area contributed by atoms with Crippen LogP contribution >= 0.6 is 11.6 Å². The molecule has 20 heavy (non-hydrogen) atoms. The molecule has 2 N–H and O–H groups in total. The minimum absolute atomic E-state index is 0.148. The maximum absolute atomic E-state index is 9.36. The van der Waals surface area contributed by atoms with Gasteiger partial charge < -0.3 is 15.3 Å². The Morgan fingerprint density at radius 1 is 1.35 bits per heavy atom. The van der Waals surface area contributed by atoms with Crippen molar-refractivity contribution in [3.05, 3.63) is 28.8 Å². The fourth-order valence-corrected chi connectivity index (χ4v) is 2.81. The number of hydrogen-bond donors (Lipinski definition) is 2. The molecule has 0 spiro atoms. The van der Waals surface area contributed by atoms with Crippen LogP contribution in [0.5, 0.6) is 5.75 Å². The van der Waals surface area contributed by atoms with E-state index in [1.165, 1.54) is 38.9 Å². The van der Waals surface area contributed by atoms with Crippen molar-refractivity contribution in [3.8, 4) is 5.75 Å². The average Bonchev–Trinajstić information content (AvgIpc) is 2.44.